The molecule has 2 heterocycles. The Morgan fingerprint density at radius 3 is 2.84 bits per heavy atom. The average molecular weight is 297 g/mol. The van der Waals surface area contributed by atoms with Crippen molar-refractivity contribution in [3.05, 3.63) is 45.1 Å². The summed E-state index contributed by atoms with van der Waals surface area (Å²) >= 11 is 7.09. The van der Waals surface area contributed by atoms with Gasteiger partial charge in [0.25, 0.3) is 5.56 Å². The molecule has 0 aromatic carbocycles. The van der Waals surface area contributed by atoms with Crippen molar-refractivity contribution in [2.24, 2.45) is 0 Å². The van der Waals surface area contributed by atoms with Crippen LogP contribution in [0.3, 0.4) is 0 Å². The molecular weight excluding hydrogens is 284 g/mol. The van der Waals surface area contributed by atoms with Crippen molar-refractivity contribution < 1.29 is 0 Å². The third-order valence-electron chi connectivity index (χ3n) is 2.32. The highest BCUT2D eigenvalue weighted by Crippen LogP contribution is 2.17. The van der Waals surface area contributed by atoms with E-state index in [9.17, 15) is 4.79 Å². The molecule has 0 aliphatic carbocycles. The van der Waals surface area contributed by atoms with E-state index in [0.717, 1.165) is 24.2 Å². The van der Waals surface area contributed by atoms with Gasteiger partial charge in [-0.2, -0.15) is 5.10 Å². The monoisotopic (exact) mass is 296 g/mol. The molecular formula is C12H13ClN4OS. The molecule has 2 aromatic heterocycles. The zero-order valence-corrected chi connectivity index (χ0v) is 12.0. The number of hydrogen-bond donors (Lipinski definition) is 1. The first-order valence-electron chi connectivity index (χ1n) is 5.88. The van der Waals surface area contributed by atoms with Gasteiger partial charge in [-0.15, -0.1) is 5.10 Å². The van der Waals surface area contributed by atoms with Crippen molar-refractivity contribution in [3.63, 3.8) is 0 Å². The van der Waals surface area contributed by atoms with Crippen molar-refractivity contribution >= 4 is 23.4 Å². The summed E-state index contributed by atoms with van der Waals surface area (Å²) in [5.41, 5.74) is 1.48. The van der Waals surface area contributed by atoms with Crippen molar-refractivity contribution in [1.29, 1.82) is 0 Å². The van der Waals surface area contributed by atoms with Gasteiger partial charge >= 0.3 is 0 Å². The fourth-order valence-electron chi connectivity index (χ4n) is 1.50. The summed E-state index contributed by atoms with van der Waals surface area (Å²) in [6.07, 6.45) is 1.77. The Morgan fingerprint density at radius 2 is 2.16 bits per heavy atom. The standard InChI is InChI=1S/C12H13ClN4OS/c1-2-3-8-6-11(18)15-12(14-8)19-7-9-4-5-10(13)17-16-9/h4-6H,2-3,7H2,1H3,(H,14,15,18). The zero-order chi connectivity index (χ0) is 13.7. The molecule has 7 heteroatoms. The summed E-state index contributed by atoms with van der Waals surface area (Å²) < 4.78 is 0. The summed E-state index contributed by atoms with van der Waals surface area (Å²) in [5, 5.41) is 8.69. The van der Waals surface area contributed by atoms with Crippen LogP contribution in [0.4, 0.5) is 0 Å². The largest absolute Gasteiger partial charge is 0.301 e. The number of nitrogens with zero attached hydrogens (tertiary/aromatic N) is 3. The molecule has 2 aromatic rings. The Labute approximate surface area is 119 Å². The highest BCUT2D eigenvalue weighted by Gasteiger charge is 2.03. The Hall–Kier alpha value is -1.40. The molecule has 0 spiro atoms. The van der Waals surface area contributed by atoms with E-state index < -0.39 is 0 Å². The number of aromatic amines is 1. The lowest BCUT2D eigenvalue weighted by Gasteiger charge is -2.02. The quantitative estimate of drug-likeness (QED) is 0.678. The number of hydrogen-bond acceptors (Lipinski definition) is 5. The SMILES string of the molecule is CCCc1cc(=O)[nH]c(SCc2ccc(Cl)nn2)n1. The van der Waals surface area contributed by atoms with Gasteiger partial charge in [0.1, 0.15) is 0 Å². The van der Waals surface area contributed by atoms with Crippen LogP contribution in [0.25, 0.3) is 0 Å². The first-order valence-corrected chi connectivity index (χ1v) is 7.25. The summed E-state index contributed by atoms with van der Waals surface area (Å²) in [4.78, 5) is 18.6. The maximum Gasteiger partial charge on any atom is 0.251 e. The van der Waals surface area contributed by atoms with E-state index in [2.05, 4.69) is 27.1 Å². The van der Waals surface area contributed by atoms with Crippen LogP contribution < -0.4 is 5.56 Å². The van der Waals surface area contributed by atoms with Crippen molar-refractivity contribution in [2.45, 2.75) is 30.7 Å². The molecule has 0 amide bonds. The summed E-state index contributed by atoms with van der Waals surface area (Å²) in [6, 6.07) is 5.03. The third-order valence-corrected chi connectivity index (χ3v) is 3.43. The Bertz CT molecular complexity index is 599. The van der Waals surface area contributed by atoms with Gasteiger partial charge in [0.2, 0.25) is 0 Å². The van der Waals surface area contributed by atoms with Gasteiger partial charge in [0.15, 0.2) is 10.3 Å². The van der Waals surface area contributed by atoms with E-state index in [1.807, 2.05) is 0 Å². The number of halogens is 1. The van der Waals surface area contributed by atoms with Crippen LogP contribution in [-0.4, -0.2) is 20.2 Å². The van der Waals surface area contributed by atoms with Gasteiger partial charge in [0, 0.05) is 17.5 Å². The van der Waals surface area contributed by atoms with Crippen LogP contribution in [0.2, 0.25) is 5.15 Å². The molecule has 0 saturated carbocycles. The van der Waals surface area contributed by atoms with E-state index in [-0.39, 0.29) is 5.56 Å². The Balaban J connectivity index is 2.06. The van der Waals surface area contributed by atoms with Gasteiger partial charge in [-0.3, -0.25) is 4.79 Å². The van der Waals surface area contributed by atoms with E-state index in [1.54, 1.807) is 12.1 Å². The van der Waals surface area contributed by atoms with E-state index in [1.165, 1.54) is 17.8 Å². The first kappa shape index (κ1) is 14.0. The number of rotatable bonds is 5. The highest BCUT2D eigenvalue weighted by molar-refractivity contribution is 7.98. The van der Waals surface area contributed by atoms with E-state index >= 15 is 0 Å². The number of aromatic nitrogens is 4. The van der Waals surface area contributed by atoms with E-state index in [0.29, 0.717) is 16.1 Å². The molecule has 0 aliphatic heterocycles. The van der Waals surface area contributed by atoms with Crippen molar-refractivity contribution in [1.82, 2.24) is 20.2 Å². The Kier molecular flexibility index (Phi) is 4.93. The minimum atomic E-state index is -0.122. The molecule has 0 radical (unpaired) electrons. The molecule has 100 valence electrons. The smallest absolute Gasteiger partial charge is 0.251 e. The molecule has 5 nitrogen and oxygen atoms in total. The fraction of sp³-hybridized carbons (Fsp3) is 0.333. The lowest BCUT2D eigenvalue weighted by Crippen LogP contribution is -2.10. The maximum absolute atomic E-state index is 11.5. The van der Waals surface area contributed by atoms with Crippen LogP contribution in [0.15, 0.2) is 28.2 Å². The lowest BCUT2D eigenvalue weighted by atomic mass is 10.2. The zero-order valence-electron chi connectivity index (χ0n) is 10.4. The molecule has 0 fully saturated rings. The number of thioether (sulfide) groups is 1. The highest BCUT2D eigenvalue weighted by atomic mass is 35.5. The second kappa shape index (κ2) is 6.68. The van der Waals surface area contributed by atoms with Gasteiger partial charge in [-0.05, 0) is 18.6 Å². The van der Waals surface area contributed by atoms with E-state index in [4.69, 9.17) is 11.6 Å². The second-order valence-corrected chi connectivity index (χ2v) is 5.28. The molecule has 0 atom stereocenters. The maximum atomic E-state index is 11.5. The van der Waals surface area contributed by atoms with Crippen molar-refractivity contribution in [2.75, 3.05) is 0 Å². The molecule has 19 heavy (non-hydrogen) atoms. The predicted octanol–water partition coefficient (Wildman–Crippen LogP) is 2.46. The third kappa shape index (κ3) is 4.33. The normalized spacial score (nSPS) is 10.6. The van der Waals surface area contributed by atoms with Crippen LogP contribution in [0.5, 0.6) is 0 Å². The molecule has 0 saturated heterocycles. The predicted molar refractivity (Wildman–Crippen MR) is 75.5 cm³/mol. The van der Waals surface area contributed by atoms with Crippen LogP contribution in [0, 0.1) is 0 Å². The lowest BCUT2D eigenvalue weighted by molar-refractivity contribution is 0.815. The van der Waals surface area contributed by atoms with Gasteiger partial charge in [-0.25, -0.2) is 4.98 Å². The molecule has 0 aliphatic rings. The summed E-state index contributed by atoms with van der Waals surface area (Å²) in [6.45, 7) is 2.05. The van der Waals surface area contributed by atoms with Gasteiger partial charge < -0.3 is 4.98 Å². The molecule has 0 unspecified atom stereocenters. The number of aryl methyl sites for hydroxylation is 1. The van der Waals surface area contributed by atoms with Crippen LogP contribution >= 0.6 is 23.4 Å². The number of nitrogens with one attached hydrogen (secondary N) is 1. The fourth-order valence-corrected chi connectivity index (χ4v) is 2.39. The van der Waals surface area contributed by atoms with Crippen LogP contribution in [-0.2, 0) is 12.2 Å². The molecule has 0 bridgehead atoms. The molecule has 2 rings (SSSR count). The average Bonchev–Trinajstić information content (AvgIpc) is 2.38. The summed E-state index contributed by atoms with van der Waals surface area (Å²) in [5.74, 6) is 0.586. The topological polar surface area (TPSA) is 71.5 Å². The first-order chi connectivity index (χ1) is 9.17. The van der Waals surface area contributed by atoms with Crippen LogP contribution in [0.1, 0.15) is 24.7 Å². The molecule has 1 N–H and O–H groups in total. The van der Waals surface area contributed by atoms with Gasteiger partial charge in [0.05, 0.1) is 5.69 Å². The minimum absolute atomic E-state index is 0.122. The summed E-state index contributed by atoms with van der Waals surface area (Å²) in [7, 11) is 0. The number of H-pyrrole nitrogens is 1. The second-order valence-electron chi connectivity index (χ2n) is 3.93. The van der Waals surface area contributed by atoms with Gasteiger partial charge in [-0.1, -0.05) is 36.7 Å². The minimum Gasteiger partial charge on any atom is -0.301 e. The van der Waals surface area contributed by atoms with Crippen molar-refractivity contribution in [3.8, 4) is 0 Å². The Morgan fingerprint density at radius 1 is 1.32 bits per heavy atom.